The predicted molar refractivity (Wildman–Crippen MR) is 107 cm³/mol. The summed E-state index contributed by atoms with van der Waals surface area (Å²) < 4.78 is 25.7. The fourth-order valence-corrected chi connectivity index (χ4v) is 4.40. The number of ether oxygens (including phenoxy) is 2. The maximum Gasteiger partial charge on any atom is 0.256 e. The summed E-state index contributed by atoms with van der Waals surface area (Å²) in [6.07, 6.45) is 9.02. The maximum absolute atomic E-state index is 13.8. The second-order valence-electron chi connectivity index (χ2n) is 7.99. The van der Waals surface area contributed by atoms with Crippen molar-refractivity contribution >= 4 is 5.91 Å². The Balaban J connectivity index is 1.41. The van der Waals surface area contributed by atoms with Gasteiger partial charge in [0.1, 0.15) is 18.0 Å². The Hall–Kier alpha value is -2.47. The van der Waals surface area contributed by atoms with Gasteiger partial charge in [-0.05, 0) is 43.9 Å². The van der Waals surface area contributed by atoms with Gasteiger partial charge in [-0.3, -0.25) is 4.79 Å². The van der Waals surface area contributed by atoms with E-state index in [1.807, 2.05) is 0 Å². The summed E-state index contributed by atoms with van der Waals surface area (Å²) in [5.74, 6) is -0.332. The van der Waals surface area contributed by atoms with E-state index in [2.05, 4.69) is 10.3 Å². The van der Waals surface area contributed by atoms with Crippen molar-refractivity contribution in [1.82, 2.24) is 10.3 Å². The highest BCUT2D eigenvalue weighted by Crippen LogP contribution is 2.38. The van der Waals surface area contributed by atoms with Gasteiger partial charge in [-0.15, -0.1) is 0 Å². The van der Waals surface area contributed by atoms with Gasteiger partial charge in [-0.1, -0.05) is 37.5 Å². The number of rotatable bonds is 5. The van der Waals surface area contributed by atoms with E-state index in [4.69, 9.17) is 9.47 Å². The number of nitrogens with zero attached hydrogens (tertiary/aromatic N) is 1. The van der Waals surface area contributed by atoms with E-state index < -0.39 is 0 Å². The molecule has 1 aromatic carbocycles. The second kappa shape index (κ2) is 8.91. The molecular formula is C23H27FN2O3. The van der Waals surface area contributed by atoms with Crippen LogP contribution in [-0.2, 0) is 11.3 Å². The lowest BCUT2D eigenvalue weighted by Gasteiger charge is -2.43. The van der Waals surface area contributed by atoms with Crippen LogP contribution in [0.4, 0.5) is 4.39 Å². The number of benzene rings is 1. The summed E-state index contributed by atoms with van der Waals surface area (Å²) in [5, 5.41) is 3.14. The van der Waals surface area contributed by atoms with Crippen molar-refractivity contribution in [2.24, 2.45) is 0 Å². The summed E-state index contributed by atoms with van der Waals surface area (Å²) in [6, 6.07) is 9.90. The zero-order chi connectivity index (χ0) is 20.1. The molecular weight excluding hydrogens is 371 g/mol. The fraction of sp³-hybridized carbons (Fsp3) is 0.478. The average Bonchev–Trinajstić information content (AvgIpc) is 2.74. The molecule has 2 aromatic rings. The minimum Gasteiger partial charge on any atom is -0.472 e. The van der Waals surface area contributed by atoms with Gasteiger partial charge in [0.05, 0.1) is 5.60 Å². The Bertz CT molecular complexity index is 846. The van der Waals surface area contributed by atoms with Gasteiger partial charge in [0.15, 0.2) is 0 Å². The molecule has 0 unspecified atom stereocenters. The van der Waals surface area contributed by atoms with E-state index >= 15 is 0 Å². The summed E-state index contributed by atoms with van der Waals surface area (Å²) in [5.41, 5.74) is 0.717. The topological polar surface area (TPSA) is 60.5 Å². The fourth-order valence-electron chi connectivity index (χ4n) is 4.40. The van der Waals surface area contributed by atoms with Crippen molar-refractivity contribution in [1.29, 1.82) is 0 Å². The normalized spacial score (nSPS) is 20.9. The van der Waals surface area contributed by atoms with Crippen molar-refractivity contribution < 1.29 is 18.7 Å². The Morgan fingerprint density at radius 2 is 2.03 bits per heavy atom. The highest BCUT2D eigenvalue weighted by molar-refractivity contribution is 5.96. The van der Waals surface area contributed by atoms with Crippen LogP contribution < -0.4 is 10.1 Å². The van der Waals surface area contributed by atoms with Crippen LogP contribution in [0.2, 0.25) is 0 Å². The highest BCUT2D eigenvalue weighted by Gasteiger charge is 2.39. The first kappa shape index (κ1) is 19.8. The number of amides is 1. The first-order chi connectivity index (χ1) is 14.2. The molecule has 1 aromatic heterocycles. The quantitative estimate of drug-likeness (QED) is 0.810. The molecule has 6 heteroatoms. The van der Waals surface area contributed by atoms with Gasteiger partial charge in [-0.25, -0.2) is 9.37 Å². The average molecular weight is 398 g/mol. The number of carbonyl (C=O) groups excluding carboxylic acids is 1. The molecule has 1 aliphatic heterocycles. The summed E-state index contributed by atoms with van der Waals surface area (Å²) in [4.78, 5) is 17.1. The molecule has 1 atom stereocenters. The van der Waals surface area contributed by atoms with E-state index in [9.17, 15) is 9.18 Å². The molecule has 1 saturated carbocycles. The molecule has 2 aliphatic rings. The minimum atomic E-state index is -0.339. The molecule has 1 saturated heterocycles. The molecule has 4 rings (SSSR count). The highest BCUT2D eigenvalue weighted by atomic mass is 19.1. The number of hydrogen-bond donors (Lipinski definition) is 1. The maximum atomic E-state index is 13.8. The van der Waals surface area contributed by atoms with E-state index in [1.165, 1.54) is 25.3 Å². The number of nitrogens with one attached hydrogen (secondary N) is 1. The Labute approximate surface area is 170 Å². The van der Waals surface area contributed by atoms with Crippen LogP contribution in [-0.4, -0.2) is 29.1 Å². The standard InChI is InChI=1S/C23H27FN2O3/c24-20-9-3-2-7-17(20)16-28-22-19(8-6-13-25-22)21(27)26-18-10-14-29-23(15-18)11-4-1-5-12-23/h2-3,6-9,13,18H,1,4-5,10-12,14-16H2,(H,26,27)/t18-/m1/s1. The SMILES string of the molecule is O=C(N[C@@H]1CCOC2(CCCCC2)C1)c1cccnc1OCc1ccccc1F. The molecule has 29 heavy (non-hydrogen) atoms. The van der Waals surface area contributed by atoms with Crippen LogP contribution >= 0.6 is 0 Å². The third kappa shape index (κ3) is 4.75. The lowest BCUT2D eigenvalue weighted by molar-refractivity contribution is -0.107. The van der Waals surface area contributed by atoms with Crippen LogP contribution in [0.25, 0.3) is 0 Å². The van der Waals surface area contributed by atoms with Crippen molar-refractivity contribution in [3.05, 3.63) is 59.5 Å². The molecule has 0 bridgehead atoms. The Morgan fingerprint density at radius 3 is 2.86 bits per heavy atom. The molecule has 5 nitrogen and oxygen atoms in total. The summed E-state index contributed by atoms with van der Waals surface area (Å²) >= 11 is 0. The number of halogens is 1. The summed E-state index contributed by atoms with van der Waals surface area (Å²) in [6.45, 7) is 0.693. The second-order valence-corrected chi connectivity index (χ2v) is 7.99. The van der Waals surface area contributed by atoms with Crippen LogP contribution in [0.5, 0.6) is 5.88 Å². The Morgan fingerprint density at radius 1 is 1.21 bits per heavy atom. The van der Waals surface area contributed by atoms with Gasteiger partial charge in [-0.2, -0.15) is 0 Å². The molecule has 1 spiro atoms. The van der Waals surface area contributed by atoms with Gasteiger partial charge in [0, 0.05) is 24.4 Å². The smallest absolute Gasteiger partial charge is 0.256 e. The molecule has 0 radical (unpaired) electrons. The van der Waals surface area contributed by atoms with Crippen molar-refractivity contribution in [2.45, 2.75) is 63.2 Å². The zero-order valence-corrected chi connectivity index (χ0v) is 16.5. The molecule has 2 heterocycles. The molecule has 2 fully saturated rings. The summed E-state index contributed by atoms with van der Waals surface area (Å²) in [7, 11) is 0. The molecule has 154 valence electrons. The van der Waals surface area contributed by atoms with E-state index in [1.54, 1.807) is 36.5 Å². The Kier molecular flexibility index (Phi) is 6.09. The molecule has 1 N–H and O–H groups in total. The van der Waals surface area contributed by atoms with Crippen molar-refractivity contribution in [2.75, 3.05) is 6.61 Å². The van der Waals surface area contributed by atoms with Crippen LogP contribution in [0.3, 0.4) is 0 Å². The van der Waals surface area contributed by atoms with Gasteiger partial charge in [0.25, 0.3) is 5.91 Å². The third-order valence-electron chi connectivity index (χ3n) is 5.93. The van der Waals surface area contributed by atoms with E-state index in [0.717, 1.165) is 25.7 Å². The van der Waals surface area contributed by atoms with Gasteiger partial charge < -0.3 is 14.8 Å². The first-order valence-corrected chi connectivity index (χ1v) is 10.4. The number of pyridine rings is 1. The van der Waals surface area contributed by atoms with Gasteiger partial charge >= 0.3 is 0 Å². The number of hydrogen-bond acceptors (Lipinski definition) is 4. The number of carbonyl (C=O) groups is 1. The monoisotopic (exact) mass is 398 g/mol. The minimum absolute atomic E-state index is 0.0182. The predicted octanol–water partition coefficient (Wildman–Crippen LogP) is 4.41. The number of aromatic nitrogens is 1. The van der Waals surface area contributed by atoms with E-state index in [-0.39, 0.29) is 35.9 Å². The lowest BCUT2D eigenvalue weighted by atomic mass is 9.78. The van der Waals surface area contributed by atoms with Crippen LogP contribution in [0.15, 0.2) is 42.6 Å². The molecule has 1 aliphatic carbocycles. The zero-order valence-electron chi connectivity index (χ0n) is 16.5. The van der Waals surface area contributed by atoms with E-state index in [0.29, 0.717) is 17.7 Å². The lowest BCUT2D eigenvalue weighted by Crippen LogP contribution is -2.49. The molecule has 1 amide bonds. The van der Waals surface area contributed by atoms with Crippen molar-refractivity contribution in [3.63, 3.8) is 0 Å². The first-order valence-electron chi connectivity index (χ1n) is 10.4. The van der Waals surface area contributed by atoms with Gasteiger partial charge in [0.2, 0.25) is 5.88 Å². The largest absolute Gasteiger partial charge is 0.472 e. The van der Waals surface area contributed by atoms with Crippen LogP contribution in [0, 0.1) is 5.82 Å². The van der Waals surface area contributed by atoms with Crippen LogP contribution in [0.1, 0.15) is 60.9 Å². The van der Waals surface area contributed by atoms with Crippen molar-refractivity contribution in [3.8, 4) is 5.88 Å². The third-order valence-corrected chi connectivity index (χ3v) is 5.93.